The van der Waals surface area contributed by atoms with Crippen LogP contribution in [-0.4, -0.2) is 10.2 Å². The van der Waals surface area contributed by atoms with E-state index < -0.39 is 0 Å². The third-order valence-corrected chi connectivity index (χ3v) is 2.82. The molecule has 3 rings (SSSR count). The van der Waals surface area contributed by atoms with Crippen LogP contribution in [0.1, 0.15) is 0 Å². The van der Waals surface area contributed by atoms with Crippen LogP contribution >= 0.6 is 0 Å². The molecule has 0 saturated heterocycles. The number of nitrogens with zero attached hydrogens (tertiary/aromatic N) is 1. The number of aromatic amines is 1. The Hall–Kier alpha value is -2.49. The van der Waals surface area contributed by atoms with Gasteiger partial charge in [-0.15, -0.1) is 0 Å². The van der Waals surface area contributed by atoms with Crippen LogP contribution in [0.4, 0.5) is 11.5 Å². The summed E-state index contributed by atoms with van der Waals surface area (Å²) in [4.78, 5) is 0. The highest BCUT2D eigenvalue weighted by Gasteiger charge is 2.09. The zero-order chi connectivity index (χ0) is 11.8. The molecule has 2 aromatic carbocycles. The van der Waals surface area contributed by atoms with E-state index >= 15 is 0 Å². The van der Waals surface area contributed by atoms with E-state index in [1.807, 2.05) is 42.5 Å². The summed E-state index contributed by atoms with van der Waals surface area (Å²) in [5.41, 5.74) is 15.4. The second-order valence-electron chi connectivity index (χ2n) is 3.96. The Morgan fingerprint density at radius 2 is 1.82 bits per heavy atom. The molecule has 4 nitrogen and oxygen atoms in total. The molecule has 0 saturated carbocycles. The number of hydrogen-bond donors (Lipinski definition) is 3. The maximum Gasteiger partial charge on any atom is 0.153 e. The lowest BCUT2D eigenvalue weighted by atomic mass is 10.0. The molecule has 17 heavy (non-hydrogen) atoms. The van der Waals surface area contributed by atoms with Gasteiger partial charge in [-0.3, -0.25) is 5.10 Å². The van der Waals surface area contributed by atoms with Gasteiger partial charge in [0.2, 0.25) is 0 Å². The van der Waals surface area contributed by atoms with Gasteiger partial charge >= 0.3 is 0 Å². The lowest BCUT2D eigenvalue weighted by molar-refractivity contribution is 1.13. The van der Waals surface area contributed by atoms with Crippen molar-refractivity contribution < 1.29 is 0 Å². The highest BCUT2D eigenvalue weighted by Crippen LogP contribution is 2.31. The van der Waals surface area contributed by atoms with E-state index in [0.717, 1.165) is 27.7 Å². The number of anilines is 2. The average molecular weight is 224 g/mol. The van der Waals surface area contributed by atoms with Crippen LogP contribution in [0.2, 0.25) is 0 Å². The number of nitrogen functional groups attached to an aromatic ring is 2. The molecule has 0 atom stereocenters. The van der Waals surface area contributed by atoms with Gasteiger partial charge in [-0.05, 0) is 29.3 Å². The number of benzene rings is 2. The Balaban J connectivity index is 2.33. The van der Waals surface area contributed by atoms with Crippen molar-refractivity contribution >= 4 is 22.4 Å². The van der Waals surface area contributed by atoms with Gasteiger partial charge in [0.1, 0.15) is 0 Å². The molecule has 0 aliphatic heterocycles. The summed E-state index contributed by atoms with van der Waals surface area (Å²) in [5.74, 6) is 0.512. The first-order valence-corrected chi connectivity index (χ1v) is 5.34. The minimum Gasteiger partial charge on any atom is -0.399 e. The predicted octanol–water partition coefficient (Wildman–Crippen LogP) is 2.39. The van der Waals surface area contributed by atoms with Gasteiger partial charge in [0.15, 0.2) is 5.82 Å². The first kappa shape index (κ1) is 9.72. The van der Waals surface area contributed by atoms with E-state index in [1.54, 1.807) is 0 Å². The Bertz CT molecular complexity index is 685. The predicted molar refractivity (Wildman–Crippen MR) is 70.4 cm³/mol. The number of fused-ring (bicyclic) bond motifs is 1. The molecule has 0 amide bonds. The van der Waals surface area contributed by atoms with Gasteiger partial charge in [0.05, 0.1) is 10.9 Å². The number of hydrogen-bond acceptors (Lipinski definition) is 3. The normalized spacial score (nSPS) is 10.8. The Morgan fingerprint density at radius 1 is 1.00 bits per heavy atom. The molecule has 1 aromatic heterocycles. The molecule has 0 unspecified atom stereocenters. The van der Waals surface area contributed by atoms with Crippen LogP contribution in [0.25, 0.3) is 22.0 Å². The summed E-state index contributed by atoms with van der Waals surface area (Å²) < 4.78 is 0. The highest BCUT2D eigenvalue weighted by atomic mass is 15.1. The smallest absolute Gasteiger partial charge is 0.153 e. The summed E-state index contributed by atoms with van der Waals surface area (Å²) in [6.45, 7) is 0. The molecule has 5 N–H and O–H groups in total. The van der Waals surface area contributed by atoms with Crippen molar-refractivity contribution in [1.82, 2.24) is 10.2 Å². The summed E-state index contributed by atoms with van der Waals surface area (Å²) >= 11 is 0. The Kier molecular flexibility index (Phi) is 2.01. The van der Waals surface area contributed by atoms with Gasteiger partial charge in [0, 0.05) is 5.69 Å². The fourth-order valence-corrected chi connectivity index (χ4v) is 2.04. The van der Waals surface area contributed by atoms with E-state index in [2.05, 4.69) is 10.2 Å². The first-order chi connectivity index (χ1) is 8.25. The van der Waals surface area contributed by atoms with Crippen LogP contribution < -0.4 is 11.5 Å². The van der Waals surface area contributed by atoms with E-state index in [9.17, 15) is 0 Å². The topological polar surface area (TPSA) is 80.7 Å². The van der Waals surface area contributed by atoms with E-state index in [0.29, 0.717) is 5.82 Å². The lowest BCUT2D eigenvalue weighted by Crippen LogP contribution is -1.88. The minimum atomic E-state index is 0.512. The van der Waals surface area contributed by atoms with Gasteiger partial charge in [-0.25, -0.2) is 0 Å². The lowest BCUT2D eigenvalue weighted by Gasteiger charge is -2.04. The van der Waals surface area contributed by atoms with Crippen LogP contribution in [0.15, 0.2) is 42.5 Å². The standard InChI is InChI=1S/C13H12N4/c14-9-4-1-3-8(7-9)10-5-2-6-11-12(10)13(15)17-16-11/h1-7H,14H2,(H3,15,16,17). The van der Waals surface area contributed by atoms with Gasteiger partial charge in [-0.1, -0.05) is 24.3 Å². The second kappa shape index (κ2) is 3.52. The maximum atomic E-state index is 5.88. The number of H-pyrrole nitrogens is 1. The van der Waals surface area contributed by atoms with Gasteiger partial charge in [-0.2, -0.15) is 5.10 Å². The van der Waals surface area contributed by atoms with Crippen molar-refractivity contribution in [2.75, 3.05) is 11.5 Å². The van der Waals surface area contributed by atoms with E-state index in [4.69, 9.17) is 11.5 Å². The average Bonchev–Trinajstić information content (AvgIpc) is 2.71. The fraction of sp³-hybridized carbons (Fsp3) is 0. The van der Waals surface area contributed by atoms with Crippen molar-refractivity contribution in [2.45, 2.75) is 0 Å². The number of rotatable bonds is 1. The van der Waals surface area contributed by atoms with Crippen LogP contribution in [0.5, 0.6) is 0 Å². The zero-order valence-electron chi connectivity index (χ0n) is 9.14. The number of nitrogens with one attached hydrogen (secondary N) is 1. The minimum absolute atomic E-state index is 0.512. The molecule has 1 heterocycles. The van der Waals surface area contributed by atoms with Crippen LogP contribution in [-0.2, 0) is 0 Å². The molecule has 0 bridgehead atoms. The zero-order valence-corrected chi connectivity index (χ0v) is 9.14. The third-order valence-electron chi connectivity index (χ3n) is 2.82. The Morgan fingerprint density at radius 3 is 2.65 bits per heavy atom. The molecule has 3 aromatic rings. The number of aromatic nitrogens is 2. The fourth-order valence-electron chi connectivity index (χ4n) is 2.04. The molecular formula is C13H12N4. The van der Waals surface area contributed by atoms with Crippen molar-refractivity contribution in [3.8, 4) is 11.1 Å². The molecule has 0 spiro atoms. The molecule has 0 fully saturated rings. The summed E-state index contributed by atoms with van der Waals surface area (Å²) in [7, 11) is 0. The monoisotopic (exact) mass is 224 g/mol. The van der Waals surface area contributed by atoms with E-state index in [1.165, 1.54) is 0 Å². The van der Waals surface area contributed by atoms with Crippen molar-refractivity contribution in [1.29, 1.82) is 0 Å². The molecule has 0 radical (unpaired) electrons. The SMILES string of the molecule is Nc1cccc(-c2cccc3[nH]nc(N)c23)c1. The maximum absolute atomic E-state index is 5.88. The number of nitrogens with two attached hydrogens (primary N) is 2. The highest BCUT2D eigenvalue weighted by molar-refractivity contribution is 6.01. The molecule has 84 valence electrons. The third kappa shape index (κ3) is 1.50. The molecular weight excluding hydrogens is 212 g/mol. The molecule has 4 heteroatoms. The van der Waals surface area contributed by atoms with Crippen molar-refractivity contribution in [3.05, 3.63) is 42.5 Å². The van der Waals surface area contributed by atoms with Crippen LogP contribution in [0, 0.1) is 0 Å². The Labute approximate surface area is 98.2 Å². The second-order valence-corrected chi connectivity index (χ2v) is 3.96. The quantitative estimate of drug-likeness (QED) is 0.555. The molecule has 0 aliphatic carbocycles. The molecule has 0 aliphatic rings. The summed E-state index contributed by atoms with van der Waals surface area (Å²) in [6.07, 6.45) is 0. The largest absolute Gasteiger partial charge is 0.399 e. The van der Waals surface area contributed by atoms with Crippen LogP contribution in [0.3, 0.4) is 0 Å². The summed E-state index contributed by atoms with van der Waals surface area (Å²) in [6, 6.07) is 13.7. The summed E-state index contributed by atoms with van der Waals surface area (Å²) in [5, 5.41) is 7.87. The van der Waals surface area contributed by atoms with E-state index in [-0.39, 0.29) is 0 Å². The van der Waals surface area contributed by atoms with Gasteiger partial charge in [0.25, 0.3) is 0 Å². The first-order valence-electron chi connectivity index (χ1n) is 5.34. The van der Waals surface area contributed by atoms with Crippen molar-refractivity contribution in [3.63, 3.8) is 0 Å². The van der Waals surface area contributed by atoms with Gasteiger partial charge < -0.3 is 11.5 Å². The van der Waals surface area contributed by atoms with Crippen molar-refractivity contribution in [2.24, 2.45) is 0 Å².